The summed E-state index contributed by atoms with van der Waals surface area (Å²) in [5.74, 6) is 2.23. The lowest BCUT2D eigenvalue weighted by Gasteiger charge is -2.31. The maximum absolute atomic E-state index is 12.6. The van der Waals surface area contributed by atoms with Crippen molar-refractivity contribution < 1.29 is 9.53 Å². The number of rotatable bonds is 12. The van der Waals surface area contributed by atoms with Crippen molar-refractivity contribution in [3.63, 3.8) is 0 Å². The first-order valence-electron chi connectivity index (χ1n) is 13.2. The first-order valence-corrected chi connectivity index (χ1v) is 14.0. The number of unbranched alkanes of at least 4 members (excludes halogenated alkanes) is 3. The molecule has 0 spiro atoms. The second-order valence-corrected chi connectivity index (χ2v) is 10.4. The summed E-state index contributed by atoms with van der Waals surface area (Å²) in [5.41, 5.74) is 3.22. The van der Waals surface area contributed by atoms with Crippen LogP contribution < -0.4 is 15.0 Å². The van der Waals surface area contributed by atoms with Gasteiger partial charge in [-0.3, -0.25) is 4.79 Å². The number of hydrogen-bond acceptors (Lipinski definition) is 6. The molecular formula is C29H38N4O2S. The zero-order chi connectivity index (χ0) is 25.2. The molecule has 1 N–H and O–H groups in total. The largest absolute Gasteiger partial charge is 0.497 e. The molecule has 0 bridgehead atoms. The Kier molecular flexibility index (Phi) is 9.73. The third kappa shape index (κ3) is 7.53. The quantitative estimate of drug-likeness (QED) is 0.310. The number of anilines is 1. The summed E-state index contributed by atoms with van der Waals surface area (Å²) in [5, 5.41) is 4.14. The van der Waals surface area contributed by atoms with Gasteiger partial charge in [0.05, 0.1) is 7.11 Å². The highest BCUT2D eigenvalue weighted by Gasteiger charge is 2.22. The summed E-state index contributed by atoms with van der Waals surface area (Å²) in [7, 11) is 1.68. The van der Waals surface area contributed by atoms with E-state index in [-0.39, 0.29) is 5.91 Å². The van der Waals surface area contributed by atoms with Gasteiger partial charge in [0.25, 0.3) is 5.91 Å². The number of methoxy groups -OCH3 is 1. The molecule has 0 atom stereocenters. The number of carbonyl (C=O) groups is 1. The Morgan fingerprint density at radius 3 is 2.64 bits per heavy atom. The van der Waals surface area contributed by atoms with Gasteiger partial charge in [-0.2, -0.15) is 4.37 Å². The molecule has 192 valence electrons. The van der Waals surface area contributed by atoms with E-state index in [1.165, 1.54) is 42.8 Å². The summed E-state index contributed by atoms with van der Waals surface area (Å²) >= 11 is 1.47. The number of aryl methyl sites for hydroxylation is 1. The van der Waals surface area contributed by atoms with E-state index >= 15 is 0 Å². The molecule has 0 saturated carbocycles. The van der Waals surface area contributed by atoms with Gasteiger partial charge in [-0.15, -0.1) is 0 Å². The number of carbonyl (C=O) groups excluding carboxylic acids is 1. The number of benzene rings is 2. The van der Waals surface area contributed by atoms with Gasteiger partial charge in [-0.05, 0) is 67.0 Å². The zero-order valence-electron chi connectivity index (χ0n) is 21.5. The van der Waals surface area contributed by atoms with Gasteiger partial charge in [0.2, 0.25) is 5.13 Å². The van der Waals surface area contributed by atoms with Crippen LogP contribution in [0, 0.1) is 5.92 Å². The fourth-order valence-electron chi connectivity index (χ4n) is 4.66. The van der Waals surface area contributed by atoms with Crippen molar-refractivity contribution in [2.24, 2.45) is 5.92 Å². The van der Waals surface area contributed by atoms with E-state index in [1.54, 1.807) is 7.11 Å². The molecule has 1 aliphatic rings. The van der Waals surface area contributed by atoms with E-state index < -0.39 is 0 Å². The number of nitrogens with one attached hydrogen (secondary N) is 1. The van der Waals surface area contributed by atoms with Crippen molar-refractivity contribution in [3.05, 3.63) is 71.0 Å². The van der Waals surface area contributed by atoms with Gasteiger partial charge in [0, 0.05) is 43.2 Å². The highest BCUT2D eigenvalue weighted by Crippen LogP contribution is 2.25. The smallest absolute Gasteiger partial charge is 0.251 e. The van der Waals surface area contributed by atoms with Crippen molar-refractivity contribution in [2.45, 2.75) is 58.3 Å². The SMILES string of the molecule is CCCCCCc1ccc(C(=O)NCC2CCN(c3nc(Cc4cccc(OC)c4)ns3)CC2)cc1. The van der Waals surface area contributed by atoms with Gasteiger partial charge in [-0.25, -0.2) is 4.98 Å². The van der Waals surface area contributed by atoms with Crippen molar-refractivity contribution in [2.75, 3.05) is 31.6 Å². The van der Waals surface area contributed by atoms with Crippen LogP contribution >= 0.6 is 11.5 Å². The van der Waals surface area contributed by atoms with Crippen LogP contribution in [0.25, 0.3) is 0 Å². The summed E-state index contributed by atoms with van der Waals surface area (Å²) in [4.78, 5) is 19.7. The topological polar surface area (TPSA) is 67.4 Å². The Labute approximate surface area is 219 Å². The number of hydrogen-bond donors (Lipinski definition) is 1. The zero-order valence-corrected chi connectivity index (χ0v) is 22.4. The molecular weight excluding hydrogens is 468 g/mol. The third-order valence-electron chi connectivity index (χ3n) is 6.93. The number of ether oxygens (including phenoxy) is 1. The molecule has 4 rings (SSSR count). The van der Waals surface area contributed by atoms with Crippen molar-refractivity contribution in [3.8, 4) is 5.75 Å². The molecule has 7 heteroatoms. The lowest BCUT2D eigenvalue weighted by Crippen LogP contribution is -2.38. The lowest BCUT2D eigenvalue weighted by atomic mass is 9.97. The number of nitrogens with zero attached hydrogens (tertiary/aromatic N) is 3. The first kappa shape index (κ1) is 26.1. The molecule has 2 heterocycles. The lowest BCUT2D eigenvalue weighted by molar-refractivity contribution is 0.0945. The Hall–Kier alpha value is -2.93. The Bertz CT molecular complexity index is 1090. The molecule has 2 aromatic carbocycles. The van der Waals surface area contributed by atoms with Crippen molar-refractivity contribution in [1.82, 2.24) is 14.7 Å². The fourth-order valence-corrected chi connectivity index (χ4v) is 5.39. The molecule has 3 aromatic rings. The summed E-state index contributed by atoms with van der Waals surface area (Å²) in [6.45, 7) is 4.85. The Morgan fingerprint density at radius 1 is 1.08 bits per heavy atom. The van der Waals surface area contributed by atoms with Crippen LogP contribution in [0.4, 0.5) is 5.13 Å². The molecule has 1 amide bonds. The van der Waals surface area contributed by atoms with E-state index in [1.807, 2.05) is 30.3 Å². The minimum Gasteiger partial charge on any atom is -0.497 e. The van der Waals surface area contributed by atoms with Crippen molar-refractivity contribution >= 4 is 22.6 Å². The highest BCUT2D eigenvalue weighted by molar-refractivity contribution is 7.09. The molecule has 1 aliphatic heterocycles. The molecule has 0 unspecified atom stereocenters. The summed E-state index contributed by atoms with van der Waals surface area (Å²) in [6, 6.07) is 16.2. The van der Waals surface area contributed by atoms with Gasteiger partial charge in [0.15, 0.2) is 0 Å². The summed E-state index contributed by atoms with van der Waals surface area (Å²) < 4.78 is 9.89. The van der Waals surface area contributed by atoms with Gasteiger partial charge >= 0.3 is 0 Å². The second kappa shape index (κ2) is 13.4. The second-order valence-electron chi connectivity index (χ2n) is 9.67. The molecule has 0 aliphatic carbocycles. The summed E-state index contributed by atoms with van der Waals surface area (Å²) in [6.07, 6.45) is 8.94. The maximum atomic E-state index is 12.6. The number of aromatic nitrogens is 2. The predicted octanol–water partition coefficient (Wildman–Crippen LogP) is 5.91. The monoisotopic (exact) mass is 506 g/mol. The van der Waals surface area contributed by atoms with Gasteiger partial charge in [-0.1, -0.05) is 50.5 Å². The van der Waals surface area contributed by atoms with Gasteiger partial charge in [0.1, 0.15) is 11.6 Å². The van der Waals surface area contributed by atoms with Crippen LogP contribution in [0.2, 0.25) is 0 Å². The molecule has 1 aromatic heterocycles. The minimum atomic E-state index is 0.0290. The first-order chi connectivity index (χ1) is 17.6. The Balaban J connectivity index is 1.19. The average molecular weight is 507 g/mol. The van der Waals surface area contributed by atoms with Crippen LogP contribution in [-0.4, -0.2) is 42.0 Å². The maximum Gasteiger partial charge on any atom is 0.251 e. The van der Waals surface area contributed by atoms with Crippen LogP contribution in [0.3, 0.4) is 0 Å². The van der Waals surface area contributed by atoms with Crippen molar-refractivity contribution in [1.29, 1.82) is 0 Å². The molecule has 6 nitrogen and oxygen atoms in total. The molecule has 0 radical (unpaired) electrons. The van der Waals surface area contributed by atoms with Crippen LogP contribution in [-0.2, 0) is 12.8 Å². The van der Waals surface area contributed by atoms with Crippen LogP contribution in [0.5, 0.6) is 5.75 Å². The average Bonchev–Trinajstić information content (AvgIpc) is 3.39. The van der Waals surface area contributed by atoms with Crippen LogP contribution in [0.1, 0.15) is 72.8 Å². The normalized spacial score (nSPS) is 14.1. The molecule has 36 heavy (non-hydrogen) atoms. The van der Waals surface area contributed by atoms with E-state index in [0.29, 0.717) is 12.3 Å². The molecule has 1 fully saturated rings. The predicted molar refractivity (Wildman–Crippen MR) is 147 cm³/mol. The Morgan fingerprint density at radius 2 is 1.89 bits per heavy atom. The van der Waals surface area contributed by atoms with E-state index in [2.05, 4.69) is 39.7 Å². The number of amides is 1. The standard InChI is InChI=1S/C29H38N4O2S/c1-3-4-5-6-8-22-11-13-25(14-12-22)28(34)30-21-23-15-17-33(18-16-23)29-31-27(32-36-29)20-24-9-7-10-26(19-24)35-2/h7,9-14,19,23H,3-6,8,15-18,20-21H2,1-2H3,(H,30,34). The fraction of sp³-hybridized carbons (Fsp3) is 0.483. The number of piperidine rings is 1. The minimum absolute atomic E-state index is 0.0290. The van der Waals surface area contributed by atoms with Crippen LogP contribution in [0.15, 0.2) is 48.5 Å². The van der Waals surface area contributed by atoms with E-state index in [9.17, 15) is 4.79 Å². The highest BCUT2D eigenvalue weighted by atomic mass is 32.1. The third-order valence-corrected chi connectivity index (χ3v) is 7.74. The molecule has 1 saturated heterocycles. The van der Waals surface area contributed by atoms with E-state index in [0.717, 1.165) is 66.7 Å². The van der Waals surface area contributed by atoms with E-state index in [4.69, 9.17) is 9.72 Å². The van der Waals surface area contributed by atoms with Gasteiger partial charge < -0.3 is 15.0 Å².